The number of piperazine rings is 1. The molecule has 1 atom stereocenters. The first-order valence-corrected chi connectivity index (χ1v) is 5.17. The second-order valence-electron chi connectivity index (χ2n) is 3.75. The molecule has 0 spiro atoms. The highest BCUT2D eigenvalue weighted by Crippen LogP contribution is 2.11. The molecule has 1 heterocycles. The lowest BCUT2D eigenvalue weighted by Gasteiger charge is -2.24. The molecule has 1 unspecified atom stereocenters. The number of hydrogen-bond donors (Lipinski definition) is 4. The Labute approximate surface area is 102 Å². The summed E-state index contributed by atoms with van der Waals surface area (Å²) in [5.41, 5.74) is 1.70. The van der Waals surface area contributed by atoms with Crippen LogP contribution in [0.1, 0.15) is 11.6 Å². The minimum absolute atomic E-state index is 0. The van der Waals surface area contributed by atoms with Crippen LogP contribution in [0, 0.1) is 0 Å². The minimum Gasteiger partial charge on any atom is -0.423 e. The van der Waals surface area contributed by atoms with Gasteiger partial charge in [0.05, 0.1) is 0 Å². The smallest absolute Gasteiger partial charge is 0.423 e. The average molecular weight is 243 g/mol. The largest absolute Gasteiger partial charge is 0.488 e. The third-order valence-electron chi connectivity index (χ3n) is 2.68. The lowest BCUT2D eigenvalue weighted by molar-refractivity contribution is 0.425. The van der Waals surface area contributed by atoms with Gasteiger partial charge in [0.25, 0.3) is 0 Å². The number of nitrogens with one attached hydrogen (secondary N) is 2. The van der Waals surface area contributed by atoms with Crippen LogP contribution in [0.2, 0.25) is 0 Å². The minimum atomic E-state index is -1.38. The molecule has 1 aliphatic rings. The molecule has 0 radical (unpaired) electrons. The van der Waals surface area contributed by atoms with Crippen molar-refractivity contribution in [3.05, 3.63) is 29.8 Å². The third kappa shape index (κ3) is 3.20. The van der Waals surface area contributed by atoms with Gasteiger partial charge in [0, 0.05) is 25.7 Å². The van der Waals surface area contributed by atoms with Gasteiger partial charge >= 0.3 is 7.12 Å². The summed E-state index contributed by atoms with van der Waals surface area (Å²) in [5.74, 6) is 0. The van der Waals surface area contributed by atoms with E-state index in [1.165, 1.54) is 5.56 Å². The van der Waals surface area contributed by atoms with E-state index in [9.17, 15) is 0 Å². The highest BCUT2D eigenvalue weighted by molar-refractivity contribution is 6.58. The molecule has 4 N–H and O–H groups in total. The van der Waals surface area contributed by atoms with Crippen molar-refractivity contribution < 1.29 is 10.0 Å². The Morgan fingerprint density at radius 3 is 2.31 bits per heavy atom. The summed E-state index contributed by atoms with van der Waals surface area (Å²) in [7, 11) is -1.38. The van der Waals surface area contributed by atoms with Crippen molar-refractivity contribution >= 4 is 25.0 Å². The van der Waals surface area contributed by atoms with Crippen LogP contribution in [-0.4, -0.2) is 36.8 Å². The van der Waals surface area contributed by atoms with Gasteiger partial charge < -0.3 is 20.7 Å². The molecule has 88 valence electrons. The fourth-order valence-corrected chi connectivity index (χ4v) is 1.79. The van der Waals surface area contributed by atoms with Crippen molar-refractivity contribution in [2.45, 2.75) is 6.04 Å². The summed E-state index contributed by atoms with van der Waals surface area (Å²) < 4.78 is 0. The normalized spacial score (nSPS) is 20.0. The maximum atomic E-state index is 8.95. The second-order valence-corrected chi connectivity index (χ2v) is 3.75. The summed E-state index contributed by atoms with van der Waals surface area (Å²) in [6, 6.07) is 7.68. The highest BCUT2D eigenvalue weighted by Gasteiger charge is 2.15. The first-order valence-electron chi connectivity index (χ1n) is 5.17. The Morgan fingerprint density at radius 1 is 1.12 bits per heavy atom. The Kier molecular flexibility index (Phi) is 5.24. The molecule has 0 aromatic heterocycles. The van der Waals surface area contributed by atoms with Crippen LogP contribution in [0.5, 0.6) is 0 Å². The Balaban J connectivity index is 0.00000128. The van der Waals surface area contributed by atoms with Gasteiger partial charge in [-0.05, 0) is 11.0 Å². The number of halogens is 1. The first kappa shape index (κ1) is 13.5. The van der Waals surface area contributed by atoms with E-state index >= 15 is 0 Å². The maximum Gasteiger partial charge on any atom is 0.488 e. The van der Waals surface area contributed by atoms with Crippen molar-refractivity contribution in [3.63, 3.8) is 0 Å². The predicted molar refractivity (Wildman–Crippen MR) is 67.1 cm³/mol. The summed E-state index contributed by atoms with van der Waals surface area (Å²) in [6.07, 6.45) is 0. The van der Waals surface area contributed by atoms with Gasteiger partial charge in [0.1, 0.15) is 0 Å². The Morgan fingerprint density at radius 2 is 1.81 bits per heavy atom. The average Bonchev–Trinajstić information content (AvgIpc) is 2.30. The zero-order valence-electron chi connectivity index (χ0n) is 8.89. The molecule has 0 saturated carbocycles. The van der Waals surface area contributed by atoms with E-state index in [1.54, 1.807) is 12.1 Å². The number of benzene rings is 1. The molecule has 1 aromatic carbocycles. The topological polar surface area (TPSA) is 64.5 Å². The molecule has 6 heteroatoms. The molecule has 1 aromatic rings. The van der Waals surface area contributed by atoms with Crippen LogP contribution >= 0.6 is 12.4 Å². The van der Waals surface area contributed by atoms with Crippen molar-refractivity contribution in [2.24, 2.45) is 0 Å². The zero-order valence-corrected chi connectivity index (χ0v) is 9.70. The van der Waals surface area contributed by atoms with E-state index in [4.69, 9.17) is 10.0 Å². The molecule has 0 bridgehead atoms. The van der Waals surface area contributed by atoms with Crippen LogP contribution in [0.15, 0.2) is 24.3 Å². The van der Waals surface area contributed by atoms with Crippen LogP contribution < -0.4 is 16.1 Å². The Hall–Kier alpha value is -0.585. The Bertz CT molecular complexity index is 315. The molecule has 4 nitrogen and oxygen atoms in total. The fraction of sp³-hybridized carbons (Fsp3) is 0.400. The van der Waals surface area contributed by atoms with Gasteiger partial charge in [-0.3, -0.25) is 0 Å². The SMILES string of the molecule is Cl.OB(O)c1ccc(C2CNCCN2)cc1. The monoisotopic (exact) mass is 242 g/mol. The zero-order chi connectivity index (χ0) is 10.7. The molecule has 1 saturated heterocycles. The lowest BCUT2D eigenvalue weighted by atomic mass is 9.80. The molecule has 1 fully saturated rings. The number of hydrogen-bond acceptors (Lipinski definition) is 4. The van der Waals surface area contributed by atoms with Crippen molar-refractivity contribution in [1.82, 2.24) is 10.6 Å². The summed E-state index contributed by atoms with van der Waals surface area (Å²) in [5, 5.41) is 24.6. The molecule has 0 aliphatic carbocycles. The van der Waals surface area contributed by atoms with Crippen LogP contribution in [0.25, 0.3) is 0 Å². The van der Waals surface area contributed by atoms with E-state index in [1.807, 2.05) is 12.1 Å². The van der Waals surface area contributed by atoms with Crippen molar-refractivity contribution in [1.29, 1.82) is 0 Å². The van der Waals surface area contributed by atoms with E-state index < -0.39 is 7.12 Å². The van der Waals surface area contributed by atoms with Gasteiger partial charge in [0.2, 0.25) is 0 Å². The van der Waals surface area contributed by atoms with Crippen molar-refractivity contribution in [3.8, 4) is 0 Å². The maximum absolute atomic E-state index is 8.95. The van der Waals surface area contributed by atoms with E-state index in [0.717, 1.165) is 19.6 Å². The van der Waals surface area contributed by atoms with E-state index in [2.05, 4.69) is 10.6 Å². The molecule has 2 rings (SSSR count). The standard InChI is InChI=1S/C10H15BN2O2.ClH/c14-11(15)9-3-1-8(2-4-9)10-7-12-5-6-13-10;/h1-4,10,12-15H,5-7H2;1H. The summed E-state index contributed by atoms with van der Waals surface area (Å²) >= 11 is 0. The van der Waals surface area contributed by atoms with Gasteiger partial charge in [-0.15, -0.1) is 12.4 Å². The fourth-order valence-electron chi connectivity index (χ4n) is 1.79. The summed E-state index contributed by atoms with van der Waals surface area (Å²) in [6.45, 7) is 2.89. The summed E-state index contributed by atoms with van der Waals surface area (Å²) in [4.78, 5) is 0. The van der Waals surface area contributed by atoms with Crippen LogP contribution in [0.3, 0.4) is 0 Å². The van der Waals surface area contributed by atoms with Gasteiger partial charge in [0.15, 0.2) is 0 Å². The molecular weight excluding hydrogens is 226 g/mol. The van der Waals surface area contributed by atoms with E-state index in [0.29, 0.717) is 11.5 Å². The lowest BCUT2D eigenvalue weighted by Crippen LogP contribution is -2.42. The van der Waals surface area contributed by atoms with Crippen LogP contribution in [0.4, 0.5) is 0 Å². The first-order chi connectivity index (χ1) is 7.27. The molecule has 16 heavy (non-hydrogen) atoms. The number of rotatable bonds is 2. The highest BCUT2D eigenvalue weighted by atomic mass is 35.5. The van der Waals surface area contributed by atoms with Gasteiger partial charge in [-0.2, -0.15) is 0 Å². The quantitative estimate of drug-likeness (QED) is 0.504. The molecular formula is C10H16BClN2O2. The third-order valence-corrected chi connectivity index (χ3v) is 2.68. The predicted octanol–water partition coefficient (Wildman–Crippen LogP) is -0.978. The molecule has 0 amide bonds. The van der Waals surface area contributed by atoms with Crippen LogP contribution in [-0.2, 0) is 0 Å². The molecule has 1 aliphatic heterocycles. The van der Waals surface area contributed by atoms with Gasteiger partial charge in [-0.1, -0.05) is 24.3 Å². The van der Waals surface area contributed by atoms with E-state index in [-0.39, 0.29) is 12.4 Å². The van der Waals surface area contributed by atoms with Crippen molar-refractivity contribution in [2.75, 3.05) is 19.6 Å². The van der Waals surface area contributed by atoms with Gasteiger partial charge in [-0.25, -0.2) is 0 Å². The second kappa shape index (κ2) is 6.22.